The van der Waals surface area contributed by atoms with E-state index < -0.39 is 17.2 Å². The van der Waals surface area contributed by atoms with Crippen LogP contribution in [-0.4, -0.2) is 29.2 Å². The van der Waals surface area contributed by atoms with E-state index in [2.05, 4.69) is 13.0 Å². The molecule has 0 aromatic heterocycles. The molecule has 1 saturated carbocycles. The first-order valence-electron chi connectivity index (χ1n) is 6.58. The van der Waals surface area contributed by atoms with Crippen molar-refractivity contribution in [2.75, 3.05) is 7.05 Å². The second-order valence-corrected chi connectivity index (χ2v) is 6.38. The Hall–Kier alpha value is -1.24. The summed E-state index contributed by atoms with van der Waals surface area (Å²) in [6.45, 7) is 7.64. The van der Waals surface area contributed by atoms with Gasteiger partial charge in [-0.05, 0) is 46.0 Å². The van der Waals surface area contributed by atoms with Gasteiger partial charge in [0.15, 0.2) is 0 Å². The Kier molecular flexibility index (Phi) is 4.26. The van der Waals surface area contributed by atoms with Crippen LogP contribution in [0.4, 0.5) is 4.79 Å². The fraction of sp³-hybridized carbons (Fsp3) is 0.857. The van der Waals surface area contributed by atoms with Crippen LogP contribution in [0.3, 0.4) is 0 Å². The number of hydrogen-bond donors (Lipinski definition) is 0. The molecule has 1 rings (SSSR count). The first kappa shape index (κ1) is 14.8. The van der Waals surface area contributed by atoms with Crippen molar-refractivity contribution in [2.24, 2.45) is 5.92 Å². The molecule has 0 bridgehead atoms. The lowest BCUT2D eigenvalue weighted by Crippen LogP contribution is -2.52. The van der Waals surface area contributed by atoms with Crippen LogP contribution >= 0.6 is 0 Å². The van der Waals surface area contributed by atoms with Crippen molar-refractivity contribution in [2.45, 2.75) is 64.5 Å². The lowest BCUT2D eigenvalue weighted by molar-refractivity contribution is 0.00496. The number of rotatable bonds is 1. The molecule has 0 heterocycles. The summed E-state index contributed by atoms with van der Waals surface area (Å²) in [4.78, 5) is 13.6. The molecule has 0 spiro atoms. The molecule has 1 aliphatic rings. The highest BCUT2D eigenvalue weighted by Crippen LogP contribution is 2.36. The number of nitrogens with zero attached hydrogens (tertiary/aromatic N) is 2. The molecule has 0 aliphatic heterocycles. The zero-order chi connectivity index (χ0) is 14.0. The van der Waals surface area contributed by atoms with E-state index in [0.717, 1.165) is 25.7 Å². The van der Waals surface area contributed by atoms with Crippen molar-refractivity contribution in [1.82, 2.24) is 4.90 Å². The maximum Gasteiger partial charge on any atom is 0.411 e. The van der Waals surface area contributed by atoms with Crippen LogP contribution in [0.5, 0.6) is 0 Å². The molecule has 4 nitrogen and oxygen atoms in total. The molecule has 18 heavy (non-hydrogen) atoms. The van der Waals surface area contributed by atoms with E-state index in [1.165, 1.54) is 4.90 Å². The van der Waals surface area contributed by atoms with Gasteiger partial charge in [0.05, 0.1) is 6.07 Å². The summed E-state index contributed by atoms with van der Waals surface area (Å²) in [6, 6.07) is 2.34. The van der Waals surface area contributed by atoms with Gasteiger partial charge < -0.3 is 4.74 Å². The van der Waals surface area contributed by atoms with Gasteiger partial charge >= 0.3 is 6.09 Å². The predicted octanol–water partition coefficient (Wildman–Crippen LogP) is 3.33. The Balaban J connectivity index is 2.82. The molecule has 0 aromatic carbocycles. The van der Waals surface area contributed by atoms with Gasteiger partial charge in [0.2, 0.25) is 0 Å². The fourth-order valence-electron chi connectivity index (χ4n) is 2.51. The van der Waals surface area contributed by atoms with Crippen molar-refractivity contribution in [3.8, 4) is 6.07 Å². The highest BCUT2D eigenvalue weighted by atomic mass is 16.6. The van der Waals surface area contributed by atoms with Gasteiger partial charge in [0.25, 0.3) is 0 Å². The van der Waals surface area contributed by atoms with E-state index >= 15 is 0 Å². The molecule has 2 atom stereocenters. The average molecular weight is 252 g/mol. The normalized spacial score (nSPS) is 28.3. The van der Waals surface area contributed by atoms with Gasteiger partial charge in [-0.15, -0.1) is 0 Å². The molecule has 1 aliphatic carbocycles. The number of ether oxygens (including phenoxy) is 1. The monoisotopic (exact) mass is 252 g/mol. The van der Waals surface area contributed by atoms with Gasteiger partial charge in [-0.1, -0.05) is 13.3 Å². The quantitative estimate of drug-likeness (QED) is 0.719. The predicted molar refractivity (Wildman–Crippen MR) is 70.0 cm³/mol. The molecule has 1 amide bonds. The van der Waals surface area contributed by atoms with Crippen LogP contribution < -0.4 is 0 Å². The van der Waals surface area contributed by atoms with E-state index in [0.29, 0.717) is 5.92 Å². The van der Waals surface area contributed by atoms with Gasteiger partial charge in [0.1, 0.15) is 11.1 Å². The standard InChI is InChI=1S/C14H24N2O2/c1-11-7-6-8-14(9-11,10-15)16(5)12(17)18-13(2,3)4/h11H,6-9H2,1-5H3. The fourth-order valence-corrected chi connectivity index (χ4v) is 2.51. The van der Waals surface area contributed by atoms with E-state index in [-0.39, 0.29) is 0 Å². The van der Waals surface area contributed by atoms with Crippen molar-refractivity contribution in [3.05, 3.63) is 0 Å². The lowest BCUT2D eigenvalue weighted by atomic mass is 9.76. The Morgan fingerprint density at radius 3 is 2.56 bits per heavy atom. The summed E-state index contributed by atoms with van der Waals surface area (Å²) in [5.74, 6) is 0.475. The zero-order valence-electron chi connectivity index (χ0n) is 12.1. The Morgan fingerprint density at radius 1 is 1.50 bits per heavy atom. The molecule has 0 aromatic rings. The molecular formula is C14H24N2O2. The van der Waals surface area contributed by atoms with Crippen molar-refractivity contribution < 1.29 is 9.53 Å². The van der Waals surface area contributed by atoms with E-state index in [1.807, 2.05) is 20.8 Å². The Labute approximate surface area is 110 Å². The average Bonchev–Trinajstić information content (AvgIpc) is 2.25. The topological polar surface area (TPSA) is 53.3 Å². The molecule has 0 N–H and O–H groups in total. The zero-order valence-corrected chi connectivity index (χ0v) is 12.1. The van der Waals surface area contributed by atoms with Gasteiger partial charge in [-0.25, -0.2) is 4.79 Å². The number of carbonyl (C=O) groups excluding carboxylic acids is 1. The minimum Gasteiger partial charge on any atom is -0.444 e. The first-order chi connectivity index (χ1) is 8.20. The number of carbonyl (C=O) groups is 1. The third-order valence-corrected chi connectivity index (χ3v) is 3.49. The van der Waals surface area contributed by atoms with Crippen LogP contribution in [0.25, 0.3) is 0 Å². The van der Waals surface area contributed by atoms with Crippen LogP contribution in [-0.2, 0) is 4.74 Å². The molecule has 1 fully saturated rings. The number of hydrogen-bond acceptors (Lipinski definition) is 3. The van der Waals surface area contributed by atoms with Crippen molar-refractivity contribution in [1.29, 1.82) is 5.26 Å². The lowest BCUT2D eigenvalue weighted by Gasteiger charge is -2.41. The summed E-state index contributed by atoms with van der Waals surface area (Å²) in [6.07, 6.45) is 3.19. The van der Waals surface area contributed by atoms with Crippen LogP contribution in [0.2, 0.25) is 0 Å². The minimum absolute atomic E-state index is 0.404. The van der Waals surface area contributed by atoms with E-state index in [1.54, 1.807) is 7.05 Å². The van der Waals surface area contributed by atoms with Gasteiger partial charge in [-0.2, -0.15) is 5.26 Å². The first-order valence-corrected chi connectivity index (χ1v) is 6.58. The highest BCUT2D eigenvalue weighted by molar-refractivity contribution is 5.69. The molecule has 102 valence electrons. The summed E-state index contributed by atoms with van der Waals surface area (Å²) >= 11 is 0. The van der Waals surface area contributed by atoms with Crippen molar-refractivity contribution in [3.63, 3.8) is 0 Å². The largest absolute Gasteiger partial charge is 0.444 e. The smallest absolute Gasteiger partial charge is 0.411 e. The second-order valence-electron chi connectivity index (χ2n) is 6.38. The second kappa shape index (κ2) is 5.17. The van der Waals surface area contributed by atoms with Crippen LogP contribution in [0.15, 0.2) is 0 Å². The number of nitriles is 1. The maximum atomic E-state index is 12.1. The van der Waals surface area contributed by atoms with Crippen molar-refractivity contribution >= 4 is 6.09 Å². The molecule has 2 unspecified atom stereocenters. The minimum atomic E-state index is -0.694. The number of amides is 1. The SMILES string of the molecule is CC1CCCC(C#N)(N(C)C(=O)OC(C)(C)C)C1. The van der Waals surface area contributed by atoms with E-state index in [4.69, 9.17) is 4.74 Å². The molecular weight excluding hydrogens is 228 g/mol. The summed E-state index contributed by atoms with van der Waals surface area (Å²) in [7, 11) is 1.68. The third kappa shape index (κ3) is 3.38. The van der Waals surface area contributed by atoms with Crippen LogP contribution in [0, 0.1) is 17.2 Å². The van der Waals surface area contributed by atoms with Gasteiger partial charge in [-0.3, -0.25) is 4.90 Å². The molecule has 0 radical (unpaired) electrons. The summed E-state index contributed by atoms with van der Waals surface area (Å²) in [5, 5.41) is 9.48. The van der Waals surface area contributed by atoms with Gasteiger partial charge in [0, 0.05) is 7.05 Å². The Morgan fingerprint density at radius 2 is 2.11 bits per heavy atom. The highest BCUT2D eigenvalue weighted by Gasteiger charge is 2.42. The summed E-state index contributed by atoms with van der Waals surface area (Å²) in [5.41, 5.74) is -1.22. The molecule has 4 heteroatoms. The van der Waals surface area contributed by atoms with Crippen LogP contribution in [0.1, 0.15) is 53.4 Å². The van der Waals surface area contributed by atoms with E-state index in [9.17, 15) is 10.1 Å². The Bertz CT molecular complexity index is 354. The maximum absolute atomic E-state index is 12.1. The molecule has 0 saturated heterocycles. The summed E-state index contributed by atoms with van der Waals surface area (Å²) < 4.78 is 5.35. The third-order valence-electron chi connectivity index (χ3n) is 3.49.